The topological polar surface area (TPSA) is 174 Å². The van der Waals surface area contributed by atoms with Crippen LogP contribution in [0.15, 0.2) is 60.8 Å². The quantitative estimate of drug-likeness (QED) is 0.101. The number of amides is 6. The first-order valence-electron chi connectivity index (χ1n) is 21.6. The van der Waals surface area contributed by atoms with Gasteiger partial charge in [-0.2, -0.15) is 13.2 Å². The van der Waals surface area contributed by atoms with Gasteiger partial charge in [0.05, 0.1) is 49.5 Å². The Kier molecular flexibility index (Phi) is 15.9. The number of fused-ring (bicyclic) bond motifs is 1. The average molecular weight is 890 g/mol. The van der Waals surface area contributed by atoms with Crippen LogP contribution in [0, 0.1) is 11.8 Å². The molecule has 3 heterocycles. The molecule has 6 rings (SSSR count). The number of alkyl halides is 3. The van der Waals surface area contributed by atoms with Crippen LogP contribution in [-0.4, -0.2) is 102 Å². The SMILES string of the molecule is CCCCC(CN(C)C(=O)Cc1cccc(CNC(=O)c2cc(/C=C/C3CCC(C(F)(F)F)CC3)c(OC)cn2)c1)OCCOc1ccc2c(c1)C(=O)N(C1CCC(=O)NC1=O)C2=O. The number of imide groups is 2. The molecule has 1 saturated heterocycles. The van der Waals surface area contributed by atoms with Crippen LogP contribution in [0.2, 0.25) is 0 Å². The summed E-state index contributed by atoms with van der Waals surface area (Å²) in [5.41, 5.74) is 2.55. The van der Waals surface area contributed by atoms with Crippen molar-refractivity contribution in [2.45, 2.75) is 96.0 Å². The number of nitrogens with zero attached hydrogens (tertiary/aromatic N) is 3. The molecule has 0 bridgehead atoms. The van der Waals surface area contributed by atoms with Crippen LogP contribution in [0.4, 0.5) is 13.2 Å². The highest BCUT2D eigenvalue weighted by atomic mass is 19.4. The summed E-state index contributed by atoms with van der Waals surface area (Å²) >= 11 is 0. The number of rotatable bonds is 19. The number of nitrogens with one attached hydrogen (secondary N) is 2. The molecule has 64 heavy (non-hydrogen) atoms. The van der Waals surface area contributed by atoms with Crippen LogP contribution in [0.3, 0.4) is 0 Å². The van der Waals surface area contributed by atoms with Gasteiger partial charge >= 0.3 is 6.18 Å². The van der Waals surface area contributed by atoms with E-state index in [4.69, 9.17) is 14.2 Å². The zero-order chi connectivity index (χ0) is 46.0. The van der Waals surface area contributed by atoms with Gasteiger partial charge in [-0.3, -0.25) is 39.0 Å². The monoisotopic (exact) mass is 889 g/mol. The third kappa shape index (κ3) is 12.1. The molecule has 0 radical (unpaired) electrons. The molecule has 2 fully saturated rings. The first kappa shape index (κ1) is 47.4. The Balaban J connectivity index is 0.963. The minimum atomic E-state index is -4.17. The number of likely N-dealkylation sites (N-methyl/N-ethyl adjacent to an activating group) is 1. The summed E-state index contributed by atoms with van der Waals surface area (Å²) in [6.07, 6.45) is 4.42. The second kappa shape index (κ2) is 21.5. The normalized spacial score (nSPS) is 19.3. The number of carbonyl (C=O) groups excluding carboxylic acids is 6. The molecule has 6 amide bonds. The lowest BCUT2D eigenvalue weighted by Gasteiger charge is -2.28. The molecule has 342 valence electrons. The minimum absolute atomic E-state index is 0.00564. The van der Waals surface area contributed by atoms with E-state index in [1.54, 1.807) is 30.2 Å². The highest BCUT2D eigenvalue weighted by Gasteiger charge is 2.45. The van der Waals surface area contributed by atoms with E-state index >= 15 is 0 Å². The van der Waals surface area contributed by atoms with Gasteiger partial charge in [0.15, 0.2) is 0 Å². The number of ether oxygens (including phenoxy) is 3. The van der Waals surface area contributed by atoms with E-state index in [9.17, 15) is 41.9 Å². The lowest BCUT2D eigenvalue weighted by Crippen LogP contribution is -2.54. The first-order valence-corrected chi connectivity index (χ1v) is 21.6. The number of halogens is 3. The summed E-state index contributed by atoms with van der Waals surface area (Å²) in [6, 6.07) is 12.4. The Morgan fingerprint density at radius 2 is 1.73 bits per heavy atom. The number of carbonyl (C=O) groups is 6. The van der Waals surface area contributed by atoms with Crippen molar-refractivity contribution in [2.75, 3.05) is 33.9 Å². The zero-order valence-corrected chi connectivity index (χ0v) is 36.2. The fourth-order valence-corrected chi connectivity index (χ4v) is 8.17. The number of hydrogen-bond donors (Lipinski definition) is 2. The Labute approximate surface area is 369 Å². The van der Waals surface area contributed by atoms with Crippen LogP contribution in [0.1, 0.15) is 113 Å². The summed E-state index contributed by atoms with van der Waals surface area (Å²) in [4.78, 5) is 83.5. The molecule has 1 aromatic heterocycles. The lowest BCUT2D eigenvalue weighted by molar-refractivity contribution is -0.183. The third-order valence-electron chi connectivity index (χ3n) is 11.8. The Morgan fingerprint density at radius 1 is 0.984 bits per heavy atom. The molecule has 3 aliphatic rings. The number of methoxy groups -OCH3 is 1. The molecule has 1 saturated carbocycles. The molecular formula is C47H54F3N5O9. The van der Waals surface area contributed by atoms with Crippen molar-refractivity contribution in [2.24, 2.45) is 11.8 Å². The minimum Gasteiger partial charge on any atom is -0.495 e. The fraction of sp³-hybridized carbons (Fsp3) is 0.468. The third-order valence-corrected chi connectivity index (χ3v) is 11.8. The molecule has 2 aromatic carbocycles. The maximum atomic E-state index is 13.4. The summed E-state index contributed by atoms with van der Waals surface area (Å²) in [6.45, 7) is 2.90. The molecular weight excluding hydrogens is 836 g/mol. The van der Waals surface area contributed by atoms with Crippen LogP contribution in [-0.2, 0) is 32.1 Å². The molecule has 17 heteroatoms. The van der Waals surface area contributed by atoms with E-state index in [1.807, 2.05) is 30.3 Å². The molecule has 2 aliphatic heterocycles. The van der Waals surface area contributed by atoms with Gasteiger partial charge in [0.25, 0.3) is 17.7 Å². The van der Waals surface area contributed by atoms with E-state index in [1.165, 1.54) is 25.4 Å². The fourth-order valence-electron chi connectivity index (χ4n) is 8.17. The maximum absolute atomic E-state index is 13.4. The second-order valence-corrected chi connectivity index (χ2v) is 16.4. The maximum Gasteiger partial charge on any atom is 0.391 e. The number of piperidine rings is 1. The van der Waals surface area contributed by atoms with Gasteiger partial charge in [-0.15, -0.1) is 0 Å². The van der Waals surface area contributed by atoms with Gasteiger partial charge in [0, 0.05) is 32.1 Å². The summed E-state index contributed by atoms with van der Waals surface area (Å²) in [5.74, 6) is -3.39. The Bertz CT molecular complexity index is 2240. The summed E-state index contributed by atoms with van der Waals surface area (Å²) in [7, 11) is 3.20. The van der Waals surface area contributed by atoms with Crippen molar-refractivity contribution in [3.63, 3.8) is 0 Å². The summed E-state index contributed by atoms with van der Waals surface area (Å²) in [5, 5.41) is 5.05. The Hall–Kier alpha value is -6.10. The molecule has 0 spiro atoms. The predicted molar refractivity (Wildman–Crippen MR) is 228 cm³/mol. The molecule has 2 atom stereocenters. The van der Waals surface area contributed by atoms with Gasteiger partial charge in [-0.1, -0.05) is 56.2 Å². The lowest BCUT2D eigenvalue weighted by atomic mass is 9.81. The molecule has 14 nitrogen and oxygen atoms in total. The van der Waals surface area contributed by atoms with Crippen molar-refractivity contribution < 1.29 is 56.1 Å². The molecule has 1 aliphatic carbocycles. The van der Waals surface area contributed by atoms with Crippen molar-refractivity contribution in [1.29, 1.82) is 0 Å². The van der Waals surface area contributed by atoms with Crippen molar-refractivity contribution in [3.8, 4) is 11.5 Å². The number of benzene rings is 2. The van der Waals surface area contributed by atoms with Crippen molar-refractivity contribution in [3.05, 3.63) is 94.3 Å². The van der Waals surface area contributed by atoms with Gasteiger partial charge in [0.1, 0.15) is 29.8 Å². The van der Waals surface area contributed by atoms with Crippen LogP contribution < -0.4 is 20.1 Å². The van der Waals surface area contributed by atoms with Crippen LogP contribution >= 0.6 is 0 Å². The van der Waals surface area contributed by atoms with Crippen molar-refractivity contribution in [1.82, 2.24) is 25.4 Å². The van der Waals surface area contributed by atoms with Gasteiger partial charge in [0.2, 0.25) is 17.7 Å². The van der Waals surface area contributed by atoms with E-state index in [0.717, 1.165) is 28.9 Å². The second-order valence-electron chi connectivity index (χ2n) is 16.4. The number of aromatic nitrogens is 1. The molecule has 2 unspecified atom stereocenters. The largest absolute Gasteiger partial charge is 0.495 e. The number of hydrogen-bond acceptors (Lipinski definition) is 10. The highest BCUT2D eigenvalue weighted by molar-refractivity contribution is 6.23. The summed E-state index contributed by atoms with van der Waals surface area (Å²) < 4.78 is 56.8. The van der Waals surface area contributed by atoms with Gasteiger partial charge in [-0.25, -0.2) is 4.98 Å². The van der Waals surface area contributed by atoms with Crippen LogP contribution in [0.5, 0.6) is 11.5 Å². The van der Waals surface area contributed by atoms with E-state index in [0.29, 0.717) is 42.9 Å². The molecule has 3 aromatic rings. The van der Waals surface area contributed by atoms with Crippen LogP contribution in [0.25, 0.3) is 6.08 Å². The smallest absolute Gasteiger partial charge is 0.391 e. The van der Waals surface area contributed by atoms with E-state index in [2.05, 4.69) is 22.5 Å². The van der Waals surface area contributed by atoms with Gasteiger partial charge in [-0.05, 0) is 79.8 Å². The predicted octanol–water partition coefficient (Wildman–Crippen LogP) is 6.46. The standard InChI is InChI=1S/C47H54F3N5O9/c1-4-5-9-35(64-21-20-63-34-16-17-36-37(25-34)46(61)55(45(36)60)39-18-19-41(56)53-44(39)59)28-54(2)42(57)23-30-7-6-8-31(22-30)26-52-43(58)38-24-32(40(62-3)27-51-38)13-10-29-11-14-33(15-12-29)47(48,49)50/h6-8,10,13,16-17,22,24-25,27,29,33,35,39H,4-5,9,11-12,14-15,18-21,23,26,28H2,1-3H3,(H,52,58)(H,53,56,59)/b13-10+. The Morgan fingerprint density at radius 3 is 2.45 bits per heavy atom. The molecule has 2 N–H and O–H groups in total. The average Bonchev–Trinajstić information content (AvgIpc) is 3.52. The number of unbranched alkanes of at least 4 members (excludes halogenated alkanes) is 1. The van der Waals surface area contributed by atoms with E-state index in [-0.39, 0.29) is 86.6 Å². The number of pyridine rings is 1. The highest BCUT2D eigenvalue weighted by Crippen LogP contribution is 2.40. The zero-order valence-electron chi connectivity index (χ0n) is 36.2. The van der Waals surface area contributed by atoms with E-state index < -0.39 is 47.7 Å². The first-order chi connectivity index (χ1) is 30.6. The van der Waals surface area contributed by atoms with Crippen molar-refractivity contribution >= 4 is 41.5 Å². The van der Waals surface area contributed by atoms with Gasteiger partial charge < -0.3 is 24.4 Å². The number of allylic oxidation sites excluding steroid dienone is 1.